The number of nitrogens with one attached hydrogen (secondary N) is 1. The van der Waals surface area contributed by atoms with Gasteiger partial charge in [-0.05, 0) is 44.5 Å². The van der Waals surface area contributed by atoms with Crippen molar-refractivity contribution in [2.24, 2.45) is 0 Å². The number of halogens is 3. The molecule has 128 valence electrons. The molecule has 1 atom stereocenters. The van der Waals surface area contributed by atoms with Gasteiger partial charge in [0.1, 0.15) is 11.4 Å². The molecule has 0 bridgehead atoms. The molecule has 0 aliphatic carbocycles. The Morgan fingerprint density at radius 1 is 1.30 bits per heavy atom. The molecule has 2 N–H and O–H groups in total. The molecule has 0 radical (unpaired) electrons. The van der Waals surface area contributed by atoms with E-state index in [2.05, 4.69) is 5.32 Å². The molecule has 1 aromatic rings. The zero-order chi connectivity index (χ0) is 17.8. The number of amides is 1. The van der Waals surface area contributed by atoms with Crippen molar-refractivity contribution in [2.75, 3.05) is 5.32 Å². The third-order valence-corrected chi connectivity index (χ3v) is 2.74. The van der Waals surface area contributed by atoms with Crippen LogP contribution in [0.2, 0.25) is 0 Å². The SMILES string of the molecule is CC(C)(C)OC(=O)Nc1ccc(F)c(C(CC(=O)O)C(F)F)c1. The molecule has 0 saturated carbocycles. The number of carboxylic acid groups (broad SMARTS) is 1. The number of rotatable bonds is 5. The zero-order valence-corrected chi connectivity index (χ0v) is 12.9. The van der Waals surface area contributed by atoms with Crippen LogP contribution in [-0.2, 0) is 9.53 Å². The minimum absolute atomic E-state index is 0.0340. The van der Waals surface area contributed by atoms with Gasteiger partial charge in [-0.25, -0.2) is 18.0 Å². The Bertz CT molecular complexity index is 585. The molecule has 1 rings (SSSR count). The maximum absolute atomic E-state index is 13.8. The molecule has 0 aromatic heterocycles. The molecule has 23 heavy (non-hydrogen) atoms. The second-order valence-electron chi connectivity index (χ2n) is 5.90. The predicted molar refractivity (Wildman–Crippen MR) is 77.3 cm³/mol. The molecule has 8 heteroatoms. The van der Waals surface area contributed by atoms with E-state index >= 15 is 0 Å². The summed E-state index contributed by atoms with van der Waals surface area (Å²) >= 11 is 0. The van der Waals surface area contributed by atoms with Crippen LogP contribution < -0.4 is 5.32 Å². The quantitative estimate of drug-likeness (QED) is 0.854. The van der Waals surface area contributed by atoms with E-state index in [1.165, 1.54) is 6.07 Å². The lowest BCUT2D eigenvalue weighted by Gasteiger charge is -2.20. The standard InChI is InChI=1S/C15H18F3NO4/c1-15(2,3)23-14(22)19-8-4-5-11(16)9(6-8)10(13(17)18)7-12(20)21/h4-6,10,13H,7H2,1-3H3,(H,19,22)(H,20,21). The highest BCUT2D eigenvalue weighted by Gasteiger charge is 2.28. The number of carbonyl (C=O) groups is 2. The van der Waals surface area contributed by atoms with E-state index in [0.29, 0.717) is 0 Å². The van der Waals surface area contributed by atoms with E-state index in [0.717, 1.165) is 12.1 Å². The van der Waals surface area contributed by atoms with Crippen molar-refractivity contribution in [3.8, 4) is 0 Å². The van der Waals surface area contributed by atoms with Crippen LogP contribution in [0.5, 0.6) is 0 Å². The smallest absolute Gasteiger partial charge is 0.412 e. The number of ether oxygens (including phenoxy) is 1. The summed E-state index contributed by atoms with van der Waals surface area (Å²) in [6.45, 7) is 4.92. The molecule has 0 heterocycles. The van der Waals surface area contributed by atoms with Gasteiger partial charge in [-0.15, -0.1) is 0 Å². The lowest BCUT2D eigenvalue weighted by atomic mass is 9.95. The number of aliphatic carboxylic acids is 1. The van der Waals surface area contributed by atoms with Crippen molar-refractivity contribution < 1.29 is 32.6 Å². The number of carboxylic acids is 1. The van der Waals surface area contributed by atoms with Crippen LogP contribution in [-0.4, -0.2) is 29.2 Å². The molecule has 0 fully saturated rings. The fourth-order valence-corrected chi connectivity index (χ4v) is 1.85. The summed E-state index contributed by atoms with van der Waals surface area (Å²) < 4.78 is 44.8. The lowest BCUT2D eigenvalue weighted by molar-refractivity contribution is -0.138. The second kappa shape index (κ2) is 7.34. The second-order valence-corrected chi connectivity index (χ2v) is 5.90. The molecule has 5 nitrogen and oxygen atoms in total. The molecule has 1 amide bonds. The van der Waals surface area contributed by atoms with E-state index in [1.807, 2.05) is 0 Å². The van der Waals surface area contributed by atoms with E-state index in [-0.39, 0.29) is 5.69 Å². The summed E-state index contributed by atoms with van der Waals surface area (Å²) in [5.74, 6) is -4.25. The molecule has 0 spiro atoms. The number of anilines is 1. The number of alkyl halides is 2. The maximum atomic E-state index is 13.8. The third kappa shape index (κ3) is 6.17. The van der Waals surface area contributed by atoms with Gasteiger partial charge in [-0.3, -0.25) is 10.1 Å². The van der Waals surface area contributed by atoms with Gasteiger partial charge in [0.15, 0.2) is 0 Å². The van der Waals surface area contributed by atoms with Crippen LogP contribution >= 0.6 is 0 Å². The monoisotopic (exact) mass is 333 g/mol. The van der Waals surface area contributed by atoms with E-state index in [9.17, 15) is 22.8 Å². The number of hydrogen-bond donors (Lipinski definition) is 2. The van der Waals surface area contributed by atoms with Crippen LogP contribution in [0.1, 0.15) is 38.7 Å². The van der Waals surface area contributed by atoms with Gasteiger partial charge >= 0.3 is 12.1 Å². The minimum atomic E-state index is -3.06. The van der Waals surface area contributed by atoms with E-state index in [1.54, 1.807) is 20.8 Å². The van der Waals surface area contributed by atoms with Crippen molar-refractivity contribution in [1.82, 2.24) is 0 Å². The summed E-state index contributed by atoms with van der Waals surface area (Å²) in [5, 5.41) is 11.0. The number of carbonyl (C=O) groups excluding carboxylic acids is 1. The normalized spacial score (nSPS) is 12.8. The van der Waals surface area contributed by atoms with Crippen LogP contribution in [0.25, 0.3) is 0 Å². The first-order chi connectivity index (χ1) is 10.5. The van der Waals surface area contributed by atoms with Crippen LogP contribution in [0, 0.1) is 5.82 Å². The highest BCUT2D eigenvalue weighted by Crippen LogP contribution is 2.31. The van der Waals surface area contributed by atoms with E-state index < -0.39 is 47.8 Å². The highest BCUT2D eigenvalue weighted by atomic mass is 19.3. The molecular formula is C15H18F3NO4. The average Bonchev–Trinajstić information content (AvgIpc) is 2.35. The number of benzene rings is 1. The van der Waals surface area contributed by atoms with Crippen LogP contribution in [0.4, 0.5) is 23.7 Å². The topological polar surface area (TPSA) is 75.6 Å². The Hall–Kier alpha value is -2.25. The first-order valence-electron chi connectivity index (χ1n) is 6.79. The largest absolute Gasteiger partial charge is 0.481 e. The van der Waals surface area contributed by atoms with Crippen molar-refractivity contribution in [3.05, 3.63) is 29.6 Å². The fourth-order valence-electron chi connectivity index (χ4n) is 1.85. The van der Waals surface area contributed by atoms with Gasteiger partial charge in [-0.1, -0.05) is 0 Å². The van der Waals surface area contributed by atoms with Crippen LogP contribution in [0.3, 0.4) is 0 Å². The van der Waals surface area contributed by atoms with Gasteiger partial charge < -0.3 is 9.84 Å². The van der Waals surface area contributed by atoms with E-state index in [4.69, 9.17) is 9.84 Å². The Morgan fingerprint density at radius 2 is 1.91 bits per heavy atom. The average molecular weight is 333 g/mol. The minimum Gasteiger partial charge on any atom is -0.481 e. The lowest BCUT2D eigenvalue weighted by Crippen LogP contribution is -2.27. The first-order valence-corrected chi connectivity index (χ1v) is 6.79. The van der Waals surface area contributed by atoms with Crippen molar-refractivity contribution >= 4 is 17.7 Å². The number of hydrogen-bond acceptors (Lipinski definition) is 3. The highest BCUT2D eigenvalue weighted by molar-refractivity contribution is 5.85. The van der Waals surface area contributed by atoms with Crippen molar-refractivity contribution in [3.63, 3.8) is 0 Å². The van der Waals surface area contributed by atoms with Gasteiger partial charge in [0.2, 0.25) is 6.43 Å². The fraction of sp³-hybridized carbons (Fsp3) is 0.467. The van der Waals surface area contributed by atoms with Gasteiger partial charge in [0.25, 0.3) is 0 Å². The summed E-state index contributed by atoms with van der Waals surface area (Å²) in [6.07, 6.45) is -4.82. The molecular weight excluding hydrogens is 315 g/mol. The Kier molecular flexibility index (Phi) is 6.00. The first kappa shape index (κ1) is 18.8. The van der Waals surface area contributed by atoms with Gasteiger partial charge in [0.05, 0.1) is 12.3 Å². The zero-order valence-electron chi connectivity index (χ0n) is 12.9. The Labute approximate surface area is 131 Å². The predicted octanol–water partition coefficient (Wildman–Crippen LogP) is 4.00. The van der Waals surface area contributed by atoms with Gasteiger partial charge in [-0.2, -0.15) is 0 Å². The molecule has 1 aromatic carbocycles. The third-order valence-electron chi connectivity index (χ3n) is 2.74. The Morgan fingerprint density at radius 3 is 2.39 bits per heavy atom. The summed E-state index contributed by atoms with van der Waals surface area (Å²) in [4.78, 5) is 22.3. The summed E-state index contributed by atoms with van der Waals surface area (Å²) in [6, 6.07) is 3.05. The summed E-state index contributed by atoms with van der Waals surface area (Å²) in [7, 11) is 0. The Balaban J connectivity index is 3.02. The maximum Gasteiger partial charge on any atom is 0.412 e. The molecule has 0 aliphatic heterocycles. The van der Waals surface area contributed by atoms with Crippen LogP contribution in [0.15, 0.2) is 18.2 Å². The van der Waals surface area contributed by atoms with Crippen molar-refractivity contribution in [1.29, 1.82) is 0 Å². The summed E-state index contributed by atoms with van der Waals surface area (Å²) in [5.41, 5.74) is -1.20. The molecule has 0 saturated heterocycles. The molecule has 1 unspecified atom stereocenters. The molecule has 0 aliphatic rings. The van der Waals surface area contributed by atoms with Gasteiger partial charge in [0, 0.05) is 5.69 Å². The van der Waals surface area contributed by atoms with Crippen molar-refractivity contribution in [2.45, 2.75) is 45.1 Å².